The van der Waals surface area contributed by atoms with Crippen LogP contribution in [-0.2, 0) is 33.8 Å². The number of halogens is 6. The molecule has 8 heterocycles. The van der Waals surface area contributed by atoms with E-state index < -0.39 is 64.1 Å². The summed E-state index contributed by atoms with van der Waals surface area (Å²) in [6.45, 7) is 23.2. The van der Waals surface area contributed by atoms with Crippen LogP contribution in [0.5, 0.6) is 0 Å². The van der Waals surface area contributed by atoms with E-state index >= 15 is 0 Å². The average Bonchev–Trinajstić information content (AvgIpc) is 1.66. The molecule has 0 saturated carbocycles. The molecule has 0 aliphatic carbocycles. The number of benzene rings is 3. The Labute approximate surface area is 615 Å². The third kappa shape index (κ3) is 19.2. The molecule has 0 saturated heterocycles. The fraction of sp³-hybridized carbons (Fsp3) is 0.280. The highest BCUT2D eigenvalue weighted by Gasteiger charge is 2.30. The molecule has 3 amide bonds. The minimum absolute atomic E-state index is 0.00124. The largest absolute Gasteiger partial charge is 0.478 e. The van der Waals surface area contributed by atoms with Crippen molar-refractivity contribution in [2.45, 2.75) is 126 Å². The highest BCUT2D eigenvalue weighted by atomic mass is 35.5. The molecule has 0 spiro atoms. The summed E-state index contributed by atoms with van der Waals surface area (Å²) < 4.78 is 62.1. The minimum Gasteiger partial charge on any atom is -0.478 e. The van der Waals surface area contributed by atoms with Gasteiger partial charge in [-0.1, -0.05) is 53.0 Å². The molecule has 0 aliphatic heterocycles. The maximum absolute atomic E-state index is 13.4. The van der Waals surface area contributed by atoms with Gasteiger partial charge in [-0.15, -0.1) is 0 Å². The fourth-order valence-corrected chi connectivity index (χ4v) is 11.3. The van der Waals surface area contributed by atoms with Gasteiger partial charge in [0, 0.05) is 58.5 Å². The van der Waals surface area contributed by atoms with Crippen LogP contribution in [0.3, 0.4) is 0 Å². The maximum Gasteiger partial charge on any atom is 0.357 e. The van der Waals surface area contributed by atoms with Crippen molar-refractivity contribution in [1.29, 1.82) is 0 Å². The molecule has 11 aromatic rings. The van der Waals surface area contributed by atoms with Crippen molar-refractivity contribution in [2.24, 2.45) is 0 Å². The number of nitrogens with zero attached hydrogens (tertiary/aromatic N) is 10. The Morgan fingerprint density at radius 1 is 0.429 bits per heavy atom. The Bertz CT molecular complexity index is 5240. The number of aromatic nitrogens is 8. The van der Waals surface area contributed by atoms with E-state index in [0.29, 0.717) is 61.9 Å². The van der Waals surface area contributed by atoms with Gasteiger partial charge in [0.25, 0.3) is 17.7 Å². The summed E-state index contributed by atoms with van der Waals surface area (Å²) in [5, 5.41) is 21.2. The van der Waals surface area contributed by atoms with Crippen molar-refractivity contribution >= 4 is 105 Å². The second-order valence-corrected chi connectivity index (χ2v) is 28.2. The molecule has 550 valence electrons. The van der Waals surface area contributed by atoms with E-state index in [1.54, 1.807) is 198 Å². The number of imidazole rings is 4. The number of pyridine rings is 4. The summed E-state index contributed by atoms with van der Waals surface area (Å²) in [6.07, 6.45) is 6.48. The minimum atomic E-state index is -1.12. The number of amides is 3. The van der Waals surface area contributed by atoms with E-state index in [2.05, 4.69) is 25.3 Å². The molecular formula is C75H75Cl3F3N11O13. The Balaban J connectivity index is 0.000000179. The number of ether oxygens (including phenoxy) is 3. The number of esters is 3. The van der Waals surface area contributed by atoms with Gasteiger partial charge in [-0.2, -0.15) is 0 Å². The van der Waals surface area contributed by atoms with Crippen molar-refractivity contribution in [3.63, 3.8) is 0 Å². The number of carboxylic acid groups (broad SMARTS) is 2. The molecule has 8 aromatic heterocycles. The van der Waals surface area contributed by atoms with Gasteiger partial charge in [0.2, 0.25) is 0 Å². The molecule has 0 atom stereocenters. The van der Waals surface area contributed by atoms with Gasteiger partial charge < -0.3 is 39.5 Å². The lowest BCUT2D eigenvalue weighted by Gasteiger charge is -2.20. The molecule has 30 heteroatoms. The standard InChI is InChI=1S/C22H23ClFN3O3.C21H21ClFN3O3.C18H15ClFN3O3.C14H16N2O4/c1-13-18(21(29)30-22(2,3)4)27-10-6-7-15(19(27)25-13)20(28)26(5)12-14-8-9-17(24)16(23)11-14;1-12-17(20(28)29-21(2,3)4)26-9-5-6-14(18(26)25-12)19(27)24-11-13-7-8-16(23)15(22)10-13;1-10-15(18(25)26)23-7-3-4-12(16(23)21-10)17(24)22(2)9-11-5-6-14(20)13(19)8-11;1-8-10(13(19)20-14(2,3)4)16-7-5-6-9(12(17)18)11(16)15-8/h6-11H,12H2,1-5H3;5-10H,11H2,1-4H3,(H,24,27);3-8H,9H2,1-2H3,(H,25,26);5-7H,1-4H3,(H,17,18). The zero-order valence-corrected chi connectivity index (χ0v) is 62.1. The first kappa shape index (κ1) is 79.5. The zero-order valence-electron chi connectivity index (χ0n) is 59.9. The molecule has 0 bridgehead atoms. The van der Waals surface area contributed by atoms with E-state index in [4.69, 9.17) is 54.1 Å². The number of rotatable bonds is 14. The number of nitrogens with one attached hydrogen (secondary N) is 1. The highest BCUT2D eigenvalue weighted by molar-refractivity contribution is 6.31. The predicted octanol–water partition coefficient (Wildman–Crippen LogP) is 14.7. The normalized spacial score (nSPS) is 11.4. The summed E-state index contributed by atoms with van der Waals surface area (Å²) >= 11 is 17.4. The molecule has 3 N–H and O–H groups in total. The zero-order chi connectivity index (χ0) is 77.6. The van der Waals surface area contributed by atoms with Crippen LogP contribution in [0.4, 0.5) is 13.2 Å². The summed E-state index contributed by atoms with van der Waals surface area (Å²) in [4.78, 5) is 119. The van der Waals surface area contributed by atoms with Crippen LogP contribution in [-0.4, -0.2) is 136 Å². The third-order valence-corrected chi connectivity index (χ3v) is 16.0. The highest BCUT2D eigenvalue weighted by Crippen LogP contribution is 2.27. The van der Waals surface area contributed by atoms with E-state index in [9.17, 15) is 56.6 Å². The Morgan fingerprint density at radius 2 is 0.714 bits per heavy atom. The average molecular weight is 1500 g/mol. The first-order valence-electron chi connectivity index (χ1n) is 32.2. The molecule has 3 aromatic carbocycles. The Kier molecular flexibility index (Phi) is 24.4. The lowest BCUT2D eigenvalue weighted by molar-refractivity contribution is 0.00482. The quantitative estimate of drug-likeness (QED) is 0.0673. The number of carbonyl (C=O) groups is 8. The van der Waals surface area contributed by atoms with Gasteiger partial charge in [0.1, 0.15) is 39.8 Å². The summed E-state index contributed by atoms with van der Waals surface area (Å²) in [5.74, 6) is -6.31. The van der Waals surface area contributed by atoms with Crippen LogP contribution in [0.2, 0.25) is 15.1 Å². The predicted molar refractivity (Wildman–Crippen MR) is 386 cm³/mol. The van der Waals surface area contributed by atoms with Gasteiger partial charge in [-0.25, -0.2) is 57.1 Å². The van der Waals surface area contributed by atoms with Crippen molar-refractivity contribution in [3.05, 3.63) is 245 Å². The third-order valence-electron chi connectivity index (χ3n) is 15.2. The number of carboxylic acids is 2. The van der Waals surface area contributed by atoms with Crippen molar-refractivity contribution in [3.8, 4) is 0 Å². The summed E-state index contributed by atoms with van der Waals surface area (Å²) in [5.41, 5.74) is 4.79. The Hall–Kier alpha value is -11.2. The second kappa shape index (κ2) is 32.2. The van der Waals surface area contributed by atoms with Crippen molar-refractivity contribution in [2.75, 3.05) is 14.1 Å². The lowest BCUT2D eigenvalue weighted by Crippen LogP contribution is -2.27. The molecule has 0 radical (unpaired) electrons. The number of hydrogen-bond donors (Lipinski definition) is 3. The molecule has 0 fully saturated rings. The number of aromatic carboxylic acids is 2. The first-order valence-corrected chi connectivity index (χ1v) is 33.4. The molecule has 11 rings (SSSR count). The molecule has 0 unspecified atom stereocenters. The topological polar surface area (TPSA) is 292 Å². The maximum atomic E-state index is 13.4. The number of hydrogen-bond acceptors (Lipinski definition) is 15. The van der Waals surface area contributed by atoms with Gasteiger partial charge in [0.15, 0.2) is 45.4 Å². The molecule has 24 nitrogen and oxygen atoms in total. The number of carbonyl (C=O) groups excluding carboxylic acids is 6. The fourth-order valence-electron chi connectivity index (χ4n) is 10.7. The summed E-state index contributed by atoms with van der Waals surface area (Å²) in [6, 6.07) is 25.6. The van der Waals surface area contributed by atoms with Gasteiger partial charge in [-0.05, 0) is 192 Å². The SMILES string of the molecule is Cc1nc2c(C(=O)N(C)Cc3ccc(F)c(Cl)c3)cccn2c1C(=O)O.Cc1nc2c(C(=O)N(C)Cc3ccc(F)c(Cl)c3)cccn2c1C(=O)OC(C)(C)C.Cc1nc2c(C(=O)NCc3ccc(F)c(Cl)c3)cccn2c1C(=O)OC(C)(C)C.Cc1nc2c(C(=O)O)cccn2c1C(=O)OC(C)(C)C. The van der Waals surface area contributed by atoms with Crippen molar-refractivity contribution in [1.82, 2.24) is 52.7 Å². The first-order chi connectivity index (χ1) is 49.0. The number of aryl methyl sites for hydroxylation is 4. The van der Waals surface area contributed by atoms with Crippen LogP contribution in [0.25, 0.3) is 22.6 Å². The summed E-state index contributed by atoms with van der Waals surface area (Å²) in [7, 11) is 3.23. The number of fused-ring (bicyclic) bond motifs is 4. The van der Waals surface area contributed by atoms with E-state index in [-0.39, 0.29) is 97.6 Å². The van der Waals surface area contributed by atoms with Crippen LogP contribution in [0, 0.1) is 45.1 Å². The second-order valence-electron chi connectivity index (χ2n) is 27.0. The lowest BCUT2D eigenvalue weighted by atomic mass is 10.2. The molecule has 105 heavy (non-hydrogen) atoms. The van der Waals surface area contributed by atoms with Crippen LogP contribution >= 0.6 is 34.8 Å². The van der Waals surface area contributed by atoms with Gasteiger partial charge in [-0.3, -0.25) is 32.0 Å². The van der Waals surface area contributed by atoms with Crippen LogP contribution in [0.15, 0.2) is 128 Å². The van der Waals surface area contributed by atoms with E-state index in [1.165, 1.54) is 61.1 Å². The van der Waals surface area contributed by atoms with Gasteiger partial charge >= 0.3 is 29.8 Å². The molecule has 0 aliphatic rings. The van der Waals surface area contributed by atoms with Gasteiger partial charge in [0.05, 0.1) is 54.5 Å². The molecular weight excluding hydrogens is 1430 g/mol. The van der Waals surface area contributed by atoms with Crippen LogP contribution in [0.1, 0.15) is 185 Å². The smallest absolute Gasteiger partial charge is 0.357 e. The Morgan fingerprint density at radius 3 is 1.04 bits per heavy atom. The van der Waals surface area contributed by atoms with Crippen LogP contribution < -0.4 is 5.32 Å². The van der Waals surface area contributed by atoms with E-state index in [1.807, 2.05) is 0 Å². The van der Waals surface area contributed by atoms with E-state index in [0.717, 1.165) is 0 Å². The van der Waals surface area contributed by atoms with Crippen molar-refractivity contribution < 1.29 is 76.0 Å². The monoisotopic (exact) mass is 1500 g/mol.